The minimum atomic E-state index is -0.632. The van der Waals surface area contributed by atoms with Crippen LogP contribution in [0.15, 0.2) is 54.6 Å². The molecule has 4 rings (SSSR count). The average molecular weight is 427 g/mol. The molecule has 2 heterocycles. The number of rotatable bonds is 5. The highest BCUT2D eigenvalue weighted by atomic mass is 32.1. The van der Waals surface area contributed by atoms with E-state index in [4.69, 9.17) is 4.74 Å². The highest BCUT2D eigenvalue weighted by molar-refractivity contribution is 7.15. The molecular formula is C25H27FO3S. The maximum Gasteiger partial charge on any atom is 0.123 e. The molecule has 2 N–H and O–H groups in total. The van der Waals surface area contributed by atoms with Crippen molar-refractivity contribution >= 4 is 11.3 Å². The summed E-state index contributed by atoms with van der Waals surface area (Å²) in [5.41, 5.74) is 4.57. The monoisotopic (exact) mass is 426 g/mol. The summed E-state index contributed by atoms with van der Waals surface area (Å²) in [6.07, 6.45) is 0.248. The minimum absolute atomic E-state index is 0.0706. The Bertz CT molecular complexity index is 998. The lowest BCUT2D eigenvalue weighted by Crippen LogP contribution is -2.43. The normalized spacial score (nSPS) is 24.2. The highest BCUT2D eigenvalue weighted by Gasteiger charge is 2.35. The van der Waals surface area contributed by atoms with Gasteiger partial charge in [0.1, 0.15) is 11.9 Å². The Morgan fingerprint density at radius 1 is 1.10 bits per heavy atom. The van der Waals surface area contributed by atoms with Crippen molar-refractivity contribution in [2.45, 2.75) is 45.0 Å². The zero-order valence-corrected chi connectivity index (χ0v) is 18.0. The average Bonchev–Trinajstić information content (AvgIpc) is 3.20. The molecule has 4 atom stereocenters. The summed E-state index contributed by atoms with van der Waals surface area (Å²) < 4.78 is 19.2. The molecule has 2 unspecified atom stereocenters. The number of hydrogen-bond acceptors (Lipinski definition) is 4. The van der Waals surface area contributed by atoms with Crippen molar-refractivity contribution in [1.29, 1.82) is 0 Å². The van der Waals surface area contributed by atoms with Crippen LogP contribution < -0.4 is 0 Å². The largest absolute Gasteiger partial charge is 0.394 e. The van der Waals surface area contributed by atoms with Crippen LogP contribution in [0.4, 0.5) is 4.39 Å². The van der Waals surface area contributed by atoms with Gasteiger partial charge in [0.05, 0.1) is 18.8 Å². The second kappa shape index (κ2) is 8.98. The molecule has 30 heavy (non-hydrogen) atoms. The summed E-state index contributed by atoms with van der Waals surface area (Å²) in [5, 5.41) is 19.7. The van der Waals surface area contributed by atoms with Crippen LogP contribution in [-0.2, 0) is 11.2 Å². The van der Waals surface area contributed by atoms with Gasteiger partial charge < -0.3 is 14.9 Å². The zero-order valence-electron chi connectivity index (χ0n) is 17.2. The van der Waals surface area contributed by atoms with E-state index in [1.165, 1.54) is 28.1 Å². The maximum absolute atomic E-state index is 13.2. The van der Waals surface area contributed by atoms with Crippen LogP contribution in [0.25, 0.3) is 10.4 Å². The Kier molecular flexibility index (Phi) is 6.34. The van der Waals surface area contributed by atoms with E-state index < -0.39 is 12.2 Å². The Balaban J connectivity index is 1.54. The number of hydrogen-bond donors (Lipinski definition) is 2. The third-order valence-electron chi connectivity index (χ3n) is 5.97. The first-order valence-electron chi connectivity index (χ1n) is 10.3. The molecule has 158 valence electrons. The molecule has 1 aliphatic heterocycles. The molecule has 3 nitrogen and oxygen atoms in total. The van der Waals surface area contributed by atoms with Gasteiger partial charge in [0.15, 0.2) is 0 Å². The van der Waals surface area contributed by atoms with Crippen LogP contribution in [0.5, 0.6) is 0 Å². The molecule has 1 aliphatic rings. The van der Waals surface area contributed by atoms with Gasteiger partial charge in [-0.1, -0.05) is 37.3 Å². The molecule has 1 fully saturated rings. The molecule has 0 saturated carbocycles. The van der Waals surface area contributed by atoms with Gasteiger partial charge in [-0.05, 0) is 65.8 Å². The Hall–Kier alpha value is -2.05. The van der Waals surface area contributed by atoms with Crippen molar-refractivity contribution in [3.8, 4) is 10.4 Å². The van der Waals surface area contributed by atoms with Crippen molar-refractivity contribution in [3.63, 3.8) is 0 Å². The van der Waals surface area contributed by atoms with E-state index in [1.54, 1.807) is 11.3 Å². The number of aliphatic hydroxyl groups is 2. The van der Waals surface area contributed by atoms with E-state index in [1.807, 2.05) is 19.1 Å². The topological polar surface area (TPSA) is 49.7 Å². The van der Waals surface area contributed by atoms with Crippen LogP contribution in [0, 0.1) is 18.7 Å². The summed E-state index contributed by atoms with van der Waals surface area (Å²) in [4.78, 5) is 2.37. The van der Waals surface area contributed by atoms with Crippen molar-refractivity contribution in [2.24, 2.45) is 5.92 Å². The Labute approximate surface area is 180 Å². The first kappa shape index (κ1) is 21.2. The summed E-state index contributed by atoms with van der Waals surface area (Å²) in [6.45, 7) is 3.93. The van der Waals surface area contributed by atoms with Crippen molar-refractivity contribution in [1.82, 2.24) is 0 Å². The predicted molar refractivity (Wildman–Crippen MR) is 118 cm³/mol. The highest BCUT2D eigenvalue weighted by Crippen LogP contribution is 2.36. The van der Waals surface area contributed by atoms with E-state index in [0.717, 1.165) is 28.8 Å². The van der Waals surface area contributed by atoms with E-state index in [2.05, 4.69) is 37.3 Å². The van der Waals surface area contributed by atoms with Crippen LogP contribution in [0.2, 0.25) is 0 Å². The quantitative estimate of drug-likeness (QED) is 0.584. The fourth-order valence-corrected chi connectivity index (χ4v) is 5.10. The number of ether oxygens (including phenoxy) is 1. The molecule has 0 amide bonds. The van der Waals surface area contributed by atoms with Gasteiger partial charge in [0, 0.05) is 16.2 Å². The molecule has 1 aromatic heterocycles. The molecule has 1 saturated heterocycles. The lowest BCUT2D eigenvalue weighted by atomic mass is 9.87. The lowest BCUT2D eigenvalue weighted by Gasteiger charge is -2.37. The van der Waals surface area contributed by atoms with Gasteiger partial charge in [-0.3, -0.25) is 0 Å². The first-order valence-corrected chi connectivity index (χ1v) is 11.1. The molecule has 5 heteroatoms. The van der Waals surface area contributed by atoms with Gasteiger partial charge in [-0.25, -0.2) is 4.39 Å². The third kappa shape index (κ3) is 4.49. The van der Waals surface area contributed by atoms with Gasteiger partial charge in [0.25, 0.3) is 0 Å². The zero-order chi connectivity index (χ0) is 21.3. The fourth-order valence-electron chi connectivity index (χ4n) is 4.07. The fraction of sp³-hybridized carbons (Fsp3) is 0.360. The van der Waals surface area contributed by atoms with Crippen molar-refractivity contribution < 1.29 is 19.3 Å². The summed E-state index contributed by atoms with van der Waals surface area (Å²) in [5.74, 6) is -0.153. The lowest BCUT2D eigenvalue weighted by molar-refractivity contribution is -0.157. The van der Waals surface area contributed by atoms with Crippen LogP contribution >= 0.6 is 11.3 Å². The standard InChI is InChI=1S/C25H27FO3S/c1-15-3-4-18(22-11-16(2)25(28)23(14-27)29-22)12-19(15)13-21-9-10-24(30-21)17-5-7-20(26)8-6-17/h3-10,12,16,22-23,25,27-28H,11,13-14H2,1-2H3/t16?,22-,23?,25+/m1/s1. The summed E-state index contributed by atoms with van der Waals surface area (Å²) >= 11 is 1.72. The molecule has 0 bridgehead atoms. The van der Waals surface area contributed by atoms with E-state index in [9.17, 15) is 14.6 Å². The molecule has 0 spiro atoms. The smallest absolute Gasteiger partial charge is 0.123 e. The molecule has 3 aromatic rings. The van der Waals surface area contributed by atoms with E-state index in [-0.39, 0.29) is 24.4 Å². The van der Waals surface area contributed by atoms with Crippen molar-refractivity contribution in [2.75, 3.05) is 6.61 Å². The van der Waals surface area contributed by atoms with Gasteiger partial charge in [0.2, 0.25) is 0 Å². The van der Waals surface area contributed by atoms with Crippen molar-refractivity contribution in [3.05, 3.63) is 82.0 Å². The van der Waals surface area contributed by atoms with Gasteiger partial charge in [-0.15, -0.1) is 11.3 Å². The Morgan fingerprint density at radius 2 is 1.87 bits per heavy atom. The molecule has 2 aromatic carbocycles. The molecule has 0 radical (unpaired) electrons. The number of aryl methyl sites for hydroxylation is 1. The first-order chi connectivity index (χ1) is 14.4. The van der Waals surface area contributed by atoms with Crippen LogP contribution in [-0.4, -0.2) is 29.0 Å². The SMILES string of the molecule is Cc1ccc([C@H]2CC(C)[C@H](O)C(CO)O2)cc1Cc1ccc(-c2ccc(F)cc2)s1. The third-order valence-corrected chi connectivity index (χ3v) is 7.10. The second-order valence-corrected chi connectivity index (χ2v) is 9.35. The Morgan fingerprint density at radius 3 is 2.60 bits per heavy atom. The van der Waals surface area contributed by atoms with Crippen LogP contribution in [0.3, 0.4) is 0 Å². The summed E-state index contributed by atoms with van der Waals surface area (Å²) in [6, 6.07) is 17.2. The number of halogens is 1. The predicted octanol–water partition coefficient (Wildman–Crippen LogP) is 5.27. The minimum Gasteiger partial charge on any atom is -0.394 e. The molecule has 0 aliphatic carbocycles. The number of aliphatic hydroxyl groups excluding tert-OH is 2. The summed E-state index contributed by atoms with van der Waals surface area (Å²) in [7, 11) is 0. The number of thiophene rings is 1. The van der Waals surface area contributed by atoms with Crippen LogP contribution in [0.1, 0.15) is 41.0 Å². The second-order valence-electron chi connectivity index (χ2n) is 8.18. The number of benzene rings is 2. The van der Waals surface area contributed by atoms with E-state index in [0.29, 0.717) is 0 Å². The maximum atomic E-state index is 13.2. The van der Waals surface area contributed by atoms with Gasteiger partial charge in [-0.2, -0.15) is 0 Å². The molecular weight excluding hydrogens is 399 g/mol. The van der Waals surface area contributed by atoms with Gasteiger partial charge >= 0.3 is 0 Å². The van der Waals surface area contributed by atoms with E-state index >= 15 is 0 Å².